The van der Waals surface area contributed by atoms with Gasteiger partial charge in [0.2, 0.25) is 41.4 Å². The number of phenols is 1. The van der Waals surface area contributed by atoms with Crippen LogP contribution in [0, 0.1) is 5.92 Å². The number of thiol groups is 2. The molecule has 1 aromatic carbocycles. The van der Waals surface area contributed by atoms with E-state index >= 15 is 0 Å². The third kappa shape index (κ3) is 16.2. The highest BCUT2D eigenvalue weighted by molar-refractivity contribution is 7.80. The Morgan fingerprint density at radius 2 is 1.17 bits per heavy atom. The number of nitrogens with two attached hydrogens (primary N) is 2. The number of benzene rings is 1. The molecule has 22 heteroatoms. The maximum atomic E-state index is 13.3. The summed E-state index contributed by atoms with van der Waals surface area (Å²) >= 11 is 7.93. The van der Waals surface area contributed by atoms with Crippen LogP contribution in [0.4, 0.5) is 0 Å². The van der Waals surface area contributed by atoms with Crippen LogP contribution in [0.2, 0.25) is 0 Å². The molecule has 0 radical (unpaired) electrons. The average molecular weight is 803 g/mol. The number of rotatable bonds is 23. The molecule has 0 aliphatic rings. The minimum atomic E-state index is -1.93. The Labute approximate surface area is 322 Å². The summed E-state index contributed by atoms with van der Waals surface area (Å²) in [6, 6.07) is -4.88. The predicted octanol–water partition coefficient (Wildman–Crippen LogP) is -4.59. The topological polar surface area (TPSA) is 342 Å². The molecule has 0 aromatic heterocycles. The minimum Gasteiger partial charge on any atom is -0.508 e. The van der Waals surface area contributed by atoms with Crippen LogP contribution >= 0.6 is 25.3 Å². The zero-order valence-electron chi connectivity index (χ0n) is 29.9. The number of aliphatic carboxylic acids is 1. The van der Waals surface area contributed by atoms with Gasteiger partial charge in [0.25, 0.3) is 0 Å². The molecule has 14 N–H and O–H groups in total. The molecule has 7 amide bonds. The maximum absolute atomic E-state index is 13.3. The summed E-state index contributed by atoms with van der Waals surface area (Å²) in [5, 5.41) is 53.1. The van der Waals surface area contributed by atoms with E-state index in [9.17, 15) is 58.8 Å². The second kappa shape index (κ2) is 23.2. The largest absolute Gasteiger partial charge is 0.508 e. The molecule has 0 saturated heterocycles. The van der Waals surface area contributed by atoms with E-state index in [4.69, 9.17) is 11.5 Å². The van der Waals surface area contributed by atoms with Crippen molar-refractivity contribution in [1.82, 2.24) is 31.9 Å². The molecule has 0 spiro atoms. The van der Waals surface area contributed by atoms with Crippen LogP contribution in [-0.2, 0) is 44.8 Å². The molecule has 1 aromatic rings. The zero-order valence-corrected chi connectivity index (χ0v) is 31.6. The van der Waals surface area contributed by atoms with E-state index in [2.05, 4.69) is 57.2 Å². The molecular formula is C32H50N8O12S2. The molecule has 20 nitrogen and oxygen atoms in total. The van der Waals surface area contributed by atoms with Crippen LogP contribution in [0.1, 0.15) is 39.2 Å². The maximum Gasteiger partial charge on any atom is 0.305 e. The summed E-state index contributed by atoms with van der Waals surface area (Å²) < 4.78 is 0. The van der Waals surface area contributed by atoms with Gasteiger partial charge in [0.15, 0.2) is 0 Å². The number of aliphatic hydroxyl groups excluding tert-OH is 2. The van der Waals surface area contributed by atoms with Gasteiger partial charge in [-0.1, -0.05) is 26.0 Å². The third-order valence-corrected chi connectivity index (χ3v) is 8.37. The van der Waals surface area contributed by atoms with Gasteiger partial charge >= 0.3 is 5.97 Å². The Morgan fingerprint density at radius 3 is 1.65 bits per heavy atom. The standard InChI is InChI=1S/C32H50N8O12S2/c1-14(2)8-19(28(48)39-23(13-54)26(34)46)37-32(52)25(15(3)42)40-30(50)21(10-24(44)45)36-31(51)22(11-41)38-29(49)20(35-27(47)18(33)12-53)9-16-4-6-17(43)7-5-16/h4-7,14-15,18-23,25,41-43,53-54H,8-13,33H2,1-3H3,(H2,34,46)(H,35,47)(H,36,51)(H,37,52)(H,38,49)(H,39,48)(H,40,50)(H,44,45)/t15-,18+,19+,20+,21+,22+,23+,25+/m1/s1. The van der Waals surface area contributed by atoms with Crippen LogP contribution in [0.25, 0.3) is 0 Å². The van der Waals surface area contributed by atoms with Gasteiger partial charge in [-0.15, -0.1) is 0 Å². The fourth-order valence-corrected chi connectivity index (χ4v) is 5.10. The van der Waals surface area contributed by atoms with Gasteiger partial charge in [-0.05, 0) is 37.0 Å². The quantitative estimate of drug-likeness (QED) is 0.0464. The molecule has 54 heavy (non-hydrogen) atoms. The number of aliphatic hydroxyl groups is 2. The lowest BCUT2D eigenvalue weighted by Gasteiger charge is -2.28. The number of carboxylic acids is 1. The van der Waals surface area contributed by atoms with Crippen molar-refractivity contribution in [3.63, 3.8) is 0 Å². The summed E-state index contributed by atoms with van der Waals surface area (Å²) in [4.78, 5) is 102. The Hall–Kier alpha value is -4.64. The predicted molar refractivity (Wildman–Crippen MR) is 199 cm³/mol. The summed E-state index contributed by atoms with van der Waals surface area (Å²) in [6.45, 7) is 3.52. The van der Waals surface area contributed by atoms with Crippen molar-refractivity contribution in [1.29, 1.82) is 0 Å². The van der Waals surface area contributed by atoms with E-state index in [-0.39, 0.29) is 36.0 Å². The number of hydrogen-bond donors (Lipinski definition) is 14. The number of nitrogens with one attached hydrogen (secondary N) is 6. The highest BCUT2D eigenvalue weighted by atomic mass is 32.1. The summed E-state index contributed by atoms with van der Waals surface area (Å²) in [7, 11) is 0. The SMILES string of the molecule is CC(C)C[C@H](NC(=O)[C@@H](NC(=O)[C@H](CC(=O)O)NC(=O)[C@H](CO)NC(=O)[C@H](Cc1ccc(O)cc1)NC(=O)[C@@H](N)CS)[C@@H](C)O)C(=O)N[C@@H](CS)C(N)=O. The molecule has 0 saturated carbocycles. The van der Waals surface area contributed by atoms with E-state index in [0.717, 1.165) is 6.92 Å². The van der Waals surface area contributed by atoms with Crippen LogP contribution in [0.5, 0.6) is 5.75 Å². The molecular weight excluding hydrogens is 753 g/mol. The number of amides is 7. The van der Waals surface area contributed by atoms with E-state index in [0.29, 0.717) is 5.56 Å². The fraction of sp³-hybridized carbons (Fsp3) is 0.562. The molecule has 0 fully saturated rings. The average Bonchev–Trinajstić information content (AvgIpc) is 3.10. The first-order chi connectivity index (χ1) is 25.2. The van der Waals surface area contributed by atoms with Crippen LogP contribution in [-0.4, -0.2) is 134 Å². The first-order valence-corrected chi connectivity index (χ1v) is 17.9. The number of phenolic OH excluding ortho intramolecular Hbond substituents is 1. The second-order valence-corrected chi connectivity index (χ2v) is 13.4. The molecule has 0 unspecified atom stereocenters. The lowest BCUT2D eigenvalue weighted by atomic mass is 10.0. The van der Waals surface area contributed by atoms with Crippen LogP contribution < -0.4 is 43.4 Å². The van der Waals surface area contributed by atoms with Crippen molar-refractivity contribution in [3.05, 3.63) is 29.8 Å². The monoisotopic (exact) mass is 802 g/mol. The molecule has 8 atom stereocenters. The zero-order chi connectivity index (χ0) is 41.3. The van der Waals surface area contributed by atoms with Gasteiger partial charge in [-0.2, -0.15) is 25.3 Å². The smallest absolute Gasteiger partial charge is 0.305 e. The first-order valence-electron chi connectivity index (χ1n) is 16.6. The highest BCUT2D eigenvalue weighted by Crippen LogP contribution is 2.12. The Bertz CT molecular complexity index is 1480. The fourth-order valence-electron chi connectivity index (χ4n) is 4.66. The van der Waals surface area contributed by atoms with Gasteiger partial charge in [0.1, 0.15) is 42.0 Å². The molecule has 1 rings (SSSR count). The number of hydrogen-bond acceptors (Lipinski definition) is 14. The van der Waals surface area contributed by atoms with Crippen molar-refractivity contribution >= 4 is 72.6 Å². The highest BCUT2D eigenvalue weighted by Gasteiger charge is 2.35. The van der Waals surface area contributed by atoms with Gasteiger partial charge in [-0.3, -0.25) is 38.4 Å². The number of aromatic hydroxyl groups is 1. The van der Waals surface area contributed by atoms with E-state index in [1.54, 1.807) is 13.8 Å². The lowest BCUT2D eigenvalue weighted by molar-refractivity contribution is -0.142. The molecule has 0 aliphatic carbocycles. The molecule has 0 bridgehead atoms. The van der Waals surface area contributed by atoms with Gasteiger partial charge in [0, 0.05) is 17.9 Å². The van der Waals surface area contributed by atoms with Gasteiger partial charge < -0.3 is 63.8 Å². The number of carbonyl (C=O) groups is 8. The van der Waals surface area contributed by atoms with Crippen molar-refractivity contribution in [2.75, 3.05) is 18.1 Å². The lowest BCUT2D eigenvalue weighted by Crippen LogP contribution is -2.62. The normalized spacial score (nSPS) is 15.5. The minimum absolute atomic E-state index is 0.0452. The first kappa shape index (κ1) is 47.4. The van der Waals surface area contributed by atoms with Crippen LogP contribution in [0.3, 0.4) is 0 Å². The van der Waals surface area contributed by atoms with Crippen molar-refractivity contribution < 1.29 is 58.8 Å². The Kier molecular flexibility index (Phi) is 20.4. The van der Waals surface area contributed by atoms with Crippen molar-refractivity contribution in [2.45, 2.75) is 88.4 Å². The van der Waals surface area contributed by atoms with Crippen molar-refractivity contribution in [3.8, 4) is 5.75 Å². The van der Waals surface area contributed by atoms with Crippen molar-refractivity contribution in [2.24, 2.45) is 17.4 Å². The second-order valence-electron chi connectivity index (χ2n) is 12.7. The summed E-state index contributed by atoms with van der Waals surface area (Å²) in [5.74, 6) is -9.11. The summed E-state index contributed by atoms with van der Waals surface area (Å²) in [5.41, 5.74) is 11.4. The van der Waals surface area contributed by atoms with E-state index in [1.165, 1.54) is 24.3 Å². The van der Waals surface area contributed by atoms with Gasteiger partial charge in [0.05, 0.1) is 25.2 Å². The molecule has 0 aliphatic heterocycles. The number of carboxylic acid groups (broad SMARTS) is 1. The van der Waals surface area contributed by atoms with E-state index < -0.39 is 109 Å². The third-order valence-electron chi connectivity index (χ3n) is 7.62. The number of carbonyl (C=O) groups excluding carboxylic acids is 7. The Balaban J connectivity index is 3.22. The number of primary amides is 1. The van der Waals surface area contributed by atoms with Gasteiger partial charge in [-0.25, -0.2) is 0 Å². The van der Waals surface area contributed by atoms with E-state index in [1.807, 2.05) is 0 Å². The summed E-state index contributed by atoms with van der Waals surface area (Å²) in [6.07, 6.45) is -2.81. The Morgan fingerprint density at radius 1 is 0.685 bits per heavy atom. The molecule has 0 heterocycles. The molecule has 302 valence electrons. The van der Waals surface area contributed by atoms with Crippen LogP contribution in [0.15, 0.2) is 24.3 Å².